The van der Waals surface area contributed by atoms with Gasteiger partial charge < -0.3 is 10.1 Å². The van der Waals surface area contributed by atoms with Gasteiger partial charge in [-0.2, -0.15) is 0 Å². The van der Waals surface area contributed by atoms with Crippen molar-refractivity contribution in [2.45, 2.75) is 44.2 Å². The number of halogens is 3. The number of fused-ring (bicyclic) bond motifs is 2. The molecular weight excluding hydrogens is 395 g/mol. The van der Waals surface area contributed by atoms with Crippen LogP contribution in [0, 0.1) is 29.3 Å². The number of hydrogen-bond donors (Lipinski definition) is 1. The largest absolute Gasteiger partial charge is 0.411 e. The quantitative estimate of drug-likeness (QED) is 0.608. The van der Waals surface area contributed by atoms with E-state index in [-0.39, 0.29) is 47.0 Å². The number of nitrogens with zero attached hydrogens (tertiary/aromatic N) is 3. The van der Waals surface area contributed by atoms with Gasteiger partial charge in [-0.25, -0.2) is 13.2 Å². The van der Waals surface area contributed by atoms with E-state index in [0.29, 0.717) is 11.8 Å². The number of benzene rings is 1. The minimum Gasteiger partial charge on any atom is -0.411 e. The Labute approximate surface area is 171 Å². The molecule has 30 heavy (non-hydrogen) atoms. The van der Waals surface area contributed by atoms with Crippen molar-refractivity contribution >= 4 is 11.6 Å². The first kappa shape index (κ1) is 19.1. The first-order valence-corrected chi connectivity index (χ1v) is 10.1. The van der Waals surface area contributed by atoms with E-state index in [1.807, 2.05) is 0 Å². The van der Waals surface area contributed by atoms with Gasteiger partial charge in [-0.1, -0.05) is 5.16 Å². The lowest BCUT2D eigenvalue weighted by Crippen LogP contribution is -2.65. The highest BCUT2D eigenvalue weighted by Crippen LogP contribution is 2.45. The molecule has 4 fully saturated rings. The molecular formula is C22H20F3N3O2. The van der Waals surface area contributed by atoms with E-state index < -0.39 is 23.5 Å². The van der Waals surface area contributed by atoms with Gasteiger partial charge in [0.1, 0.15) is 17.3 Å². The molecule has 2 aliphatic carbocycles. The Morgan fingerprint density at radius 3 is 2.50 bits per heavy atom. The van der Waals surface area contributed by atoms with E-state index >= 15 is 4.39 Å². The summed E-state index contributed by atoms with van der Waals surface area (Å²) in [6.07, 6.45) is 4.72. The average molecular weight is 415 g/mol. The Kier molecular flexibility index (Phi) is 4.52. The summed E-state index contributed by atoms with van der Waals surface area (Å²) in [7, 11) is 0. The standard InChI is InChI=1S/C22H20F3N3O2/c23-15-5-13(6-16(24)10-15)21-19(25)12(3-4-26-21)9-18-20(27-30)14-7-17(8-14)28(18)22(29)11-1-2-11/h3-6,10-11,14,17-18,30H,1-2,7-9H2. The number of carbonyl (C=O) groups is 1. The fraction of sp³-hybridized carbons (Fsp3) is 0.409. The van der Waals surface area contributed by atoms with E-state index in [2.05, 4.69) is 10.1 Å². The van der Waals surface area contributed by atoms with E-state index in [9.17, 15) is 18.8 Å². The average Bonchev–Trinajstić information content (AvgIpc) is 3.52. The molecule has 2 aromatic rings. The predicted octanol–water partition coefficient (Wildman–Crippen LogP) is 3.94. The van der Waals surface area contributed by atoms with Crippen molar-refractivity contribution in [3.8, 4) is 11.3 Å². The molecule has 2 bridgehead atoms. The zero-order chi connectivity index (χ0) is 21.0. The number of oxime groups is 1. The molecule has 1 aromatic heterocycles. The Bertz CT molecular complexity index is 1030. The molecule has 1 amide bonds. The Morgan fingerprint density at radius 1 is 1.17 bits per heavy atom. The van der Waals surface area contributed by atoms with Crippen molar-refractivity contribution in [2.24, 2.45) is 17.0 Å². The lowest BCUT2D eigenvalue weighted by atomic mass is 9.68. The summed E-state index contributed by atoms with van der Waals surface area (Å²) in [6.45, 7) is 0. The van der Waals surface area contributed by atoms with Gasteiger partial charge in [-0.3, -0.25) is 9.78 Å². The maximum Gasteiger partial charge on any atom is 0.226 e. The molecule has 156 valence electrons. The van der Waals surface area contributed by atoms with Crippen LogP contribution in [-0.2, 0) is 11.2 Å². The first-order valence-electron chi connectivity index (χ1n) is 10.1. The highest BCUT2D eigenvalue weighted by molar-refractivity contribution is 5.98. The summed E-state index contributed by atoms with van der Waals surface area (Å²) in [5, 5.41) is 13.1. The van der Waals surface area contributed by atoms with Crippen LogP contribution in [0.1, 0.15) is 31.2 Å². The molecule has 4 aliphatic rings. The fourth-order valence-corrected chi connectivity index (χ4v) is 4.69. The van der Waals surface area contributed by atoms with Crippen LogP contribution in [0.5, 0.6) is 0 Å². The normalized spacial score (nSPS) is 26.6. The fourth-order valence-electron chi connectivity index (χ4n) is 4.69. The van der Waals surface area contributed by atoms with Gasteiger partial charge >= 0.3 is 0 Å². The SMILES string of the molecule is O=C(C1CC1)N1C2CC(C2)C(=NO)C1Cc1ccnc(-c2cc(F)cc(F)c2)c1F. The summed E-state index contributed by atoms with van der Waals surface area (Å²) >= 11 is 0. The molecule has 2 aliphatic heterocycles. The van der Waals surface area contributed by atoms with Crippen molar-refractivity contribution in [3.63, 3.8) is 0 Å². The molecule has 8 heteroatoms. The molecule has 2 saturated heterocycles. The number of hydrogen-bond acceptors (Lipinski definition) is 4. The lowest BCUT2D eigenvalue weighted by Gasteiger charge is -2.54. The van der Waals surface area contributed by atoms with Crippen LogP contribution in [-0.4, -0.2) is 38.8 Å². The molecule has 1 N–H and O–H groups in total. The molecule has 5 nitrogen and oxygen atoms in total. The molecule has 2 saturated carbocycles. The van der Waals surface area contributed by atoms with Crippen LogP contribution in [0.4, 0.5) is 13.2 Å². The van der Waals surface area contributed by atoms with E-state index in [1.165, 1.54) is 12.3 Å². The number of amides is 1. The molecule has 1 aromatic carbocycles. The lowest BCUT2D eigenvalue weighted by molar-refractivity contribution is -0.140. The highest BCUT2D eigenvalue weighted by Gasteiger charge is 2.53. The second kappa shape index (κ2) is 7.11. The van der Waals surface area contributed by atoms with Crippen LogP contribution in [0.2, 0.25) is 0 Å². The Hall–Kier alpha value is -2.90. The molecule has 0 spiro atoms. The third-order valence-corrected chi connectivity index (χ3v) is 6.42. The first-order chi connectivity index (χ1) is 14.5. The maximum absolute atomic E-state index is 15.3. The van der Waals surface area contributed by atoms with Crippen LogP contribution < -0.4 is 0 Å². The third kappa shape index (κ3) is 3.14. The number of piperidine rings is 2. The van der Waals surface area contributed by atoms with Crippen LogP contribution >= 0.6 is 0 Å². The predicted molar refractivity (Wildman–Crippen MR) is 102 cm³/mol. The van der Waals surface area contributed by atoms with Gasteiger partial charge in [-0.05, 0) is 49.4 Å². The molecule has 0 radical (unpaired) electrons. The van der Waals surface area contributed by atoms with Crippen LogP contribution in [0.3, 0.4) is 0 Å². The minimum atomic E-state index is -0.820. The number of rotatable bonds is 4. The topological polar surface area (TPSA) is 65.8 Å². The Morgan fingerprint density at radius 2 is 1.87 bits per heavy atom. The van der Waals surface area contributed by atoms with Gasteiger partial charge in [0.2, 0.25) is 5.91 Å². The smallest absolute Gasteiger partial charge is 0.226 e. The van der Waals surface area contributed by atoms with Crippen LogP contribution in [0.15, 0.2) is 35.6 Å². The van der Waals surface area contributed by atoms with E-state index in [1.54, 1.807) is 4.90 Å². The maximum atomic E-state index is 15.3. The summed E-state index contributed by atoms with van der Waals surface area (Å²) in [4.78, 5) is 18.6. The van der Waals surface area contributed by atoms with Crippen molar-refractivity contribution < 1.29 is 23.2 Å². The number of pyridine rings is 1. The molecule has 1 unspecified atom stereocenters. The zero-order valence-electron chi connectivity index (χ0n) is 16.1. The van der Waals surface area contributed by atoms with E-state index in [0.717, 1.165) is 37.8 Å². The van der Waals surface area contributed by atoms with Crippen molar-refractivity contribution in [1.29, 1.82) is 0 Å². The van der Waals surface area contributed by atoms with Gasteiger partial charge in [-0.15, -0.1) is 0 Å². The van der Waals surface area contributed by atoms with Crippen LogP contribution in [0.25, 0.3) is 11.3 Å². The summed E-state index contributed by atoms with van der Waals surface area (Å²) < 4.78 is 42.5. The molecule has 6 rings (SSSR count). The number of carbonyl (C=O) groups excluding carboxylic acids is 1. The zero-order valence-corrected chi connectivity index (χ0v) is 16.1. The van der Waals surface area contributed by atoms with Gasteiger partial charge in [0, 0.05) is 42.1 Å². The third-order valence-electron chi connectivity index (χ3n) is 6.42. The Balaban J connectivity index is 1.50. The van der Waals surface area contributed by atoms with Gasteiger partial charge in [0.25, 0.3) is 0 Å². The van der Waals surface area contributed by atoms with Crippen molar-refractivity contribution in [1.82, 2.24) is 9.88 Å². The summed E-state index contributed by atoms with van der Waals surface area (Å²) in [5.41, 5.74) is 0.599. The monoisotopic (exact) mass is 415 g/mol. The van der Waals surface area contributed by atoms with E-state index in [4.69, 9.17) is 0 Å². The summed E-state index contributed by atoms with van der Waals surface area (Å²) in [5.74, 6) is -2.21. The minimum absolute atomic E-state index is 0.000281. The second-order valence-corrected chi connectivity index (χ2v) is 8.38. The van der Waals surface area contributed by atoms with Gasteiger partial charge in [0.05, 0.1) is 11.8 Å². The number of aromatic nitrogens is 1. The molecule has 1 atom stereocenters. The second-order valence-electron chi connectivity index (χ2n) is 8.38. The molecule has 3 heterocycles. The van der Waals surface area contributed by atoms with Gasteiger partial charge in [0.15, 0.2) is 5.82 Å². The highest BCUT2D eigenvalue weighted by atomic mass is 19.1. The summed E-state index contributed by atoms with van der Waals surface area (Å²) in [6, 6.07) is 3.80. The van der Waals surface area contributed by atoms with Crippen molar-refractivity contribution in [3.05, 3.63) is 53.5 Å². The van der Waals surface area contributed by atoms with Crippen molar-refractivity contribution in [2.75, 3.05) is 0 Å².